The van der Waals surface area contributed by atoms with Crippen LogP contribution in [0.3, 0.4) is 0 Å². The van der Waals surface area contributed by atoms with Gasteiger partial charge in [0, 0.05) is 0 Å². The SMILES string of the molecule is C=[C-]C(/C=C\C=C/C)=C/CC.CC.[Ru+]. The van der Waals surface area contributed by atoms with E-state index in [1.54, 1.807) is 0 Å². The topological polar surface area (TPSA) is 0 Å². The number of hydrogen-bond acceptors (Lipinski definition) is 0. The second-order valence-corrected chi connectivity index (χ2v) is 2.13. The average Bonchev–Trinajstić information content (AvgIpc) is 2.20. The Morgan fingerprint density at radius 3 is 2.21 bits per heavy atom. The summed E-state index contributed by atoms with van der Waals surface area (Å²) in [6.45, 7) is 11.7. The first-order chi connectivity index (χ1) is 6.35. The molecule has 0 aliphatic heterocycles. The van der Waals surface area contributed by atoms with Crippen molar-refractivity contribution in [2.75, 3.05) is 0 Å². The van der Waals surface area contributed by atoms with Gasteiger partial charge in [0.1, 0.15) is 0 Å². The summed E-state index contributed by atoms with van der Waals surface area (Å²) in [6.07, 6.45) is 13.9. The van der Waals surface area contributed by atoms with E-state index in [4.69, 9.17) is 0 Å². The molecule has 81 valence electrons. The number of hydrogen-bond donors (Lipinski definition) is 0. The fourth-order valence-corrected chi connectivity index (χ4v) is 0.689. The van der Waals surface area contributed by atoms with Crippen LogP contribution in [-0.4, -0.2) is 0 Å². The summed E-state index contributed by atoms with van der Waals surface area (Å²) in [5, 5.41) is 0. The molecule has 0 aromatic rings. The molecule has 0 saturated carbocycles. The summed E-state index contributed by atoms with van der Waals surface area (Å²) in [6, 6.07) is 0. The van der Waals surface area contributed by atoms with Gasteiger partial charge in [-0.15, -0.1) is 6.08 Å². The molecule has 0 bridgehead atoms. The van der Waals surface area contributed by atoms with Gasteiger partial charge in [-0.3, -0.25) is 0 Å². The Balaban J connectivity index is -0.000000376. The zero-order valence-electron chi connectivity index (χ0n) is 9.65. The van der Waals surface area contributed by atoms with Crippen molar-refractivity contribution >= 4 is 0 Å². The Morgan fingerprint density at radius 2 is 1.86 bits per heavy atom. The fraction of sp³-hybridized carbons (Fsp3) is 0.385. The van der Waals surface area contributed by atoms with E-state index >= 15 is 0 Å². The van der Waals surface area contributed by atoms with E-state index in [1.165, 1.54) is 0 Å². The van der Waals surface area contributed by atoms with Crippen LogP contribution in [0.2, 0.25) is 0 Å². The van der Waals surface area contributed by atoms with Gasteiger partial charge in [-0.25, -0.2) is 0 Å². The van der Waals surface area contributed by atoms with Gasteiger partial charge in [-0.05, 0) is 6.92 Å². The fourth-order valence-electron chi connectivity index (χ4n) is 0.689. The van der Waals surface area contributed by atoms with Crippen LogP contribution in [0.15, 0.2) is 42.5 Å². The summed E-state index contributed by atoms with van der Waals surface area (Å²) in [5.41, 5.74) is 1.06. The van der Waals surface area contributed by atoms with Crippen LogP contribution in [0.25, 0.3) is 0 Å². The minimum atomic E-state index is 0. The molecular formula is C13H21Ru. The van der Waals surface area contributed by atoms with Crippen molar-refractivity contribution in [1.29, 1.82) is 0 Å². The molecule has 0 atom stereocenters. The van der Waals surface area contributed by atoms with Crippen molar-refractivity contribution in [1.82, 2.24) is 0 Å². The Labute approximate surface area is 102 Å². The molecule has 0 aromatic heterocycles. The van der Waals surface area contributed by atoms with E-state index in [0.29, 0.717) is 0 Å². The predicted octanol–water partition coefficient (Wildman–Crippen LogP) is 4.47. The molecular weight excluding hydrogens is 257 g/mol. The van der Waals surface area contributed by atoms with E-state index < -0.39 is 0 Å². The summed E-state index contributed by atoms with van der Waals surface area (Å²) < 4.78 is 0. The van der Waals surface area contributed by atoms with Gasteiger partial charge in [0.25, 0.3) is 0 Å². The van der Waals surface area contributed by atoms with Crippen LogP contribution in [0.5, 0.6) is 0 Å². The van der Waals surface area contributed by atoms with Gasteiger partial charge in [0.05, 0.1) is 0 Å². The molecule has 0 saturated heterocycles. The standard InChI is InChI=1S/C11H15.C2H6.Ru/c1-4-7-8-10-11(6-3)9-5-2;1-2;/h4,7-10H,3,5H2,1-2H3;1-2H3;/q-1;;+1/b7-4-,10-8-,11-9-;;. The summed E-state index contributed by atoms with van der Waals surface area (Å²) in [7, 11) is 0. The summed E-state index contributed by atoms with van der Waals surface area (Å²) in [5.74, 6) is 0. The Morgan fingerprint density at radius 1 is 1.29 bits per heavy atom. The van der Waals surface area contributed by atoms with Crippen molar-refractivity contribution in [3.05, 3.63) is 48.6 Å². The minimum Gasteiger partial charge on any atom is -0.197 e. The normalized spacial score (nSPS) is 10.7. The third-order valence-corrected chi connectivity index (χ3v) is 1.21. The van der Waals surface area contributed by atoms with E-state index in [1.807, 2.05) is 45.1 Å². The first-order valence-electron chi connectivity index (χ1n) is 4.87. The molecule has 0 nitrogen and oxygen atoms in total. The van der Waals surface area contributed by atoms with Crippen molar-refractivity contribution in [2.45, 2.75) is 34.1 Å². The third-order valence-electron chi connectivity index (χ3n) is 1.21. The van der Waals surface area contributed by atoms with E-state index in [2.05, 4.69) is 25.7 Å². The van der Waals surface area contributed by atoms with Gasteiger partial charge in [-0.1, -0.05) is 39.3 Å². The van der Waals surface area contributed by atoms with Gasteiger partial charge >= 0.3 is 19.5 Å². The van der Waals surface area contributed by atoms with E-state index in [9.17, 15) is 0 Å². The maximum Gasteiger partial charge on any atom is 1.00 e. The molecule has 0 fully saturated rings. The molecule has 0 rings (SSSR count). The van der Waals surface area contributed by atoms with Crippen LogP contribution >= 0.6 is 0 Å². The molecule has 1 heteroatoms. The van der Waals surface area contributed by atoms with Crippen LogP contribution < -0.4 is 0 Å². The number of allylic oxidation sites excluding steroid dienone is 7. The Kier molecular flexibility index (Phi) is 25.2. The Bertz CT molecular complexity index is 185. The maximum atomic E-state index is 3.59. The molecule has 0 aliphatic carbocycles. The summed E-state index contributed by atoms with van der Waals surface area (Å²) in [4.78, 5) is 0. The molecule has 0 aromatic carbocycles. The quantitative estimate of drug-likeness (QED) is 0.404. The second-order valence-electron chi connectivity index (χ2n) is 2.13. The number of rotatable bonds is 4. The van der Waals surface area contributed by atoms with Crippen molar-refractivity contribution in [3.8, 4) is 0 Å². The smallest absolute Gasteiger partial charge is 0.197 e. The largest absolute Gasteiger partial charge is 1.00 e. The van der Waals surface area contributed by atoms with Crippen molar-refractivity contribution in [3.63, 3.8) is 0 Å². The van der Waals surface area contributed by atoms with Crippen molar-refractivity contribution in [2.24, 2.45) is 0 Å². The molecule has 0 aliphatic rings. The molecule has 0 heterocycles. The minimum absolute atomic E-state index is 0. The second kappa shape index (κ2) is 18.4. The van der Waals surface area contributed by atoms with E-state index in [-0.39, 0.29) is 19.5 Å². The monoisotopic (exact) mass is 279 g/mol. The molecule has 0 N–H and O–H groups in total. The molecule has 0 amide bonds. The van der Waals surface area contributed by atoms with Crippen LogP contribution in [0, 0.1) is 6.08 Å². The van der Waals surface area contributed by atoms with Crippen molar-refractivity contribution < 1.29 is 19.5 Å². The summed E-state index contributed by atoms with van der Waals surface area (Å²) >= 11 is 0. The van der Waals surface area contributed by atoms with Crippen LogP contribution in [-0.2, 0) is 19.5 Å². The molecule has 0 unspecified atom stereocenters. The maximum absolute atomic E-state index is 3.59. The zero-order valence-corrected chi connectivity index (χ0v) is 11.4. The van der Waals surface area contributed by atoms with E-state index in [0.717, 1.165) is 12.0 Å². The van der Waals surface area contributed by atoms with Gasteiger partial charge < -0.3 is 0 Å². The van der Waals surface area contributed by atoms with Gasteiger partial charge in [-0.2, -0.15) is 30.4 Å². The zero-order chi connectivity index (χ0) is 10.5. The van der Waals surface area contributed by atoms with Gasteiger partial charge in [0.2, 0.25) is 0 Å². The molecule has 1 radical (unpaired) electrons. The third kappa shape index (κ3) is 14.1. The van der Waals surface area contributed by atoms with Crippen LogP contribution in [0.1, 0.15) is 34.1 Å². The molecule has 0 spiro atoms. The Hall–Kier alpha value is -0.417. The average molecular weight is 278 g/mol. The predicted molar refractivity (Wildman–Crippen MR) is 62.5 cm³/mol. The molecule has 14 heavy (non-hydrogen) atoms. The van der Waals surface area contributed by atoms with Gasteiger partial charge in [0.15, 0.2) is 0 Å². The first kappa shape index (κ1) is 19.2. The van der Waals surface area contributed by atoms with Crippen LogP contribution in [0.4, 0.5) is 0 Å². The first-order valence-corrected chi connectivity index (χ1v) is 4.87.